The van der Waals surface area contributed by atoms with Gasteiger partial charge in [-0.1, -0.05) is 20.3 Å². The van der Waals surface area contributed by atoms with Crippen LogP contribution in [0.5, 0.6) is 0 Å². The van der Waals surface area contributed by atoms with Gasteiger partial charge in [0.15, 0.2) is 0 Å². The molecule has 2 unspecified atom stereocenters. The summed E-state index contributed by atoms with van der Waals surface area (Å²) in [4.78, 5) is 12.0. The van der Waals surface area contributed by atoms with Crippen LogP contribution in [0.1, 0.15) is 53.9 Å². The maximum Gasteiger partial charge on any atom is 0.328 e. The molecule has 0 aliphatic heterocycles. The van der Waals surface area contributed by atoms with Crippen LogP contribution in [0.4, 0.5) is 0 Å². The summed E-state index contributed by atoms with van der Waals surface area (Å²) in [5, 5.41) is 3.23. The Labute approximate surface area is 111 Å². The Hall–Kier alpha value is -0.610. The minimum absolute atomic E-state index is 0.173. The number of esters is 1. The van der Waals surface area contributed by atoms with Crippen LogP contribution in [0, 0.1) is 0 Å². The van der Waals surface area contributed by atoms with Crippen LogP contribution in [-0.4, -0.2) is 37.4 Å². The molecule has 0 aliphatic rings. The first-order chi connectivity index (χ1) is 8.50. The number of rotatable bonds is 10. The fourth-order valence-electron chi connectivity index (χ4n) is 1.67. The lowest BCUT2D eigenvalue weighted by molar-refractivity contribution is -0.154. The number of carbonyl (C=O) groups is 1. The van der Waals surface area contributed by atoms with Gasteiger partial charge in [-0.25, -0.2) is 4.79 Å². The molecule has 0 aromatic carbocycles. The quantitative estimate of drug-likeness (QED) is 0.612. The molecule has 0 aromatic rings. The van der Waals surface area contributed by atoms with Crippen LogP contribution in [0.2, 0.25) is 0 Å². The van der Waals surface area contributed by atoms with E-state index in [1.165, 1.54) is 0 Å². The normalized spacial score (nSPS) is 16.1. The van der Waals surface area contributed by atoms with Crippen molar-refractivity contribution in [3.8, 4) is 0 Å². The number of hydrogen-bond donors (Lipinski definition) is 1. The first-order valence-electron chi connectivity index (χ1n) is 7.04. The highest BCUT2D eigenvalue weighted by atomic mass is 16.5. The third-order valence-corrected chi connectivity index (χ3v) is 2.84. The molecule has 0 rings (SSSR count). The van der Waals surface area contributed by atoms with Gasteiger partial charge in [0, 0.05) is 0 Å². The van der Waals surface area contributed by atoms with Crippen LogP contribution in [0.15, 0.2) is 0 Å². The molecule has 0 saturated heterocycles. The maximum absolute atomic E-state index is 12.0. The SMILES string of the molecule is CCCNC(C)(COC(C)CCC)C(=O)OCC. The van der Waals surface area contributed by atoms with E-state index in [0.29, 0.717) is 13.2 Å². The van der Waals surface area contributed by atoms with Crippen molar-refractivity contribution in [3.05, 3.63) is 0 Å². The Morgan fingerprint density at radius 3 is 2.44 bits per heavy atom. The molecule has 0 saturated carbocycles. The predicted octanol–water partition coefficient (Wildman–Crippen LogP) is 2.51. The summed E-state index contributed by atoms with van der Waals surface area (Å²) in [5.41, 5.74) is -0.742. The molecule has 0 bridgehead atoms. The second kappa shape index (κ2) is 9.34. The second-order valence-corrected chi connectivity index (χ2v) is 4.89. The van der Waals surface area contributed by atoms with Crippen LogP contribution in [-0.2, 0) is 14.3 Å². The molecule has 0 heterocycles. The molecule has 1 N–H and O–H groups in total. The van der Waals surface area contributed by atoms with E-state index in [4.69, 9.17) is 9.47 Å². The summed E-state index contributed by atoms with van der Waals surface area (Å²) in [7, 11) is 0. The molecule has 18 heavy (non-hydrogen) atoms. The second-order valence-electron chi connectivity index (χ2n) is 4.89. The number of nitrogens with one attached hydrogen (secondary N) is 1. The van der Waals surface area contributed by atoms with Crippen molar-refractivity contribution in [1.29, 1.82) is 0 Å². The van der Waals surface area contributed by atoms with Crippen molar-refractivity contribution >= 4 is 5.97 Å². The summed E-state index contributed by atoms with van der Waals surface area (Å²) in [6.45, 7) is 11.4. The van der Waals surface area contributed by atoms with Crippen LogP contribution >= 0.6 is 0 Å². The van der Waals surface area contributed by atoms with Crippen LogP contribution < -0.4 is 5.32 Å². The number of hydrogen-bond acceptors (Lipinski definition) is 4. The van der Waals surface area contributed by atoms with Crippen molar-refractivity contribution < 1.29 is 14.3 Å². The van der Waals surface area contributed by atoms with E-state index in [2.05, 4.69) is 19.2 Å². The van der Waals surface area contributed by atoms with Gasteiger partial charge in [0.05, 0.1) is 19.3 Å². The minimum atomic E-state index is -0.742. The van der Waals surface area contributed by atoms with Crippen molar-refractivity contribution in [3.63, 3.8) is 0 Å². The van der Waals surface area contributed by atoms with Crippen molar-refractivity contribution in [2.45, 2.75) is 65.5 Å². The zero-order valence-corrected chi connectivity index (χ0v) is 12.5. The monoisotopic (exact) mass is 259 g/mol. The van der Waals surface area contributed by atoms with Crippen molar-refractivity contribution in [2.75, 3.05) is 19.8 Å². The van der Waals surface area contributed by atoms with E-state index in [0.717, 1.165) is 25.8 Å². The Balaban J connectivity index is 4.41. The van der Waals surface area contributed by atoms with Gasteiger partial charge < -0.3 is 14.8 Å². The van der Waals surface area contributed by atoms with E-state index in [-0.39, 0.29) is 12.1 Å². The molecule has 0 spiro atoms. The average Bonchev–Trinajstić information content (AvgIpc) is 2.34. The molecule has 0 aliphatic carbocycles. The van der Waals surface area contributed by atoms with Crippen LogP contribution in [0.25, 0.3) is 0 Å². The van der Waals surface area contributed by atoms with Gasteiger partial charge in [0.1, 0.15) is 5.54 Å². The first kappa shape index (κ1) is 17.4. The lowest BCUT2D eigenvalue weighted by atomic mass is 10.0. The molecular formula is C14H29NO3. The zero-order valence-electron chi connectivity index (χ0n) is 12.5. The topological polar surface area (TPSA) is 47.6 Å². The summed E-state index contributed by atoms with van der Waals surface area (Å²) in [6.07, 6.45) is 3.23. The predicted molar refractivity (Wildman–Crippen MR) is 73.7 cm³/mol. The van der Waals surface area contributed by atoms with Gasteiger partial charge in [0.25, 0.3) is 0 Å². The standard InChI is InChI=1S/C14H29NO3/c1-6-9-12(4)18-11-14(5,15-10-7-2)13(16)17-8-3/h12,15H,6-11H2,1-5H3. The van der Waals surface area contributed by atoms with Crippen molar-refractivity contribution in [2.24, 2.45) is 0 Å². The molecule has 0 amide bonds. The lowest BCUT2D eigenvalue weighted by Gasteiger charge is -2.29. The summed E-state index contributed by atoms with van der Waals surface area (Å²) in [5.74, 6) is -0.234. The average molecular weight is 259 g/mol. The third kappa shape index (κ3) is 6.36. The number of ether oxygens (including phenoxy) is 2. The molecule has 0 radical (unpaired) electrons. The van der Waals surface area contributed by atoms with E-state index in [1.807, 2.05) is 20.8 Å². The van der Waals surface area contributed by atoms with E-state index in [9.17, 15) is 4.79 Å². The molecular weight excluding hydrogens is 230 g/mol. The van der Waals surface area contributed by atoms with E-state index >= 15 is 0 Å². The maximum atomic E-state index is 12.0. The highest BCUT2D eigenvalue weighted by molar-refractivity contribution is 5.80. The first-order valence-corrected chi connectivity index (χ1v) is 7.04. The molecule has 0 fully saturated rings. The van der Waals surface area contributed by atoms with Crippen LogP contribution in [0.3, 0.4) is 0 Å². The fourth-order valence-corrected chi connectivity index (χ4v) is 1.67. The summed E-state index contributed by atoms with van der Waals surface area (Å²) >= 11 is 0. The Morgan fingerprint density at radius 2 is 1.94 bits per heavy atom. The minimum Gasteiger partial charge on any atom is -0.465 e. The molecule has 4 nitrogen and oxygen atoms in total. The Morgan fingerprint density at radius 1 is 1.28 bits per heavy atom. The smallest absolute Gasteiger partial charge is 0.328 e. The van der Waals surface area contributed by atoms with E-state index in [1.54, 1.807) is 0 Å². The molecule has 0 aromatic heterocycles. The Kier molecular flexibility index (Phi) is 9.02. The van der Waals surface area contributed by atoms with Gasteiger partial charge in [-0.2, -0.15) is 0 Å². The van der Waals surface area contributed by atoms with Gasteiger partial charge in [0.2, 0.25) is 0 Å². The molecule has 4 heteroatoms. The van der Waals surface area contributed by atoms with Gasteiger partial charge in [-0.15, -0.1) is 0 Å². The molecule has 108 valence electrons. The highest BCUT2D eigenvalue weighted by Gasteiger charge is 2.34. The fraction of sp³-hybridized carbons (Fsp3) is 0.929. The third-order valence-electron chi connectivity index (χ3n) is 2.84. The van der Waals surface area contributed by atoms with Gasteiger partial charge in [-0.3, -0.25) is 0 Å². The van der Waals surface area contributed by atoms with Gasteiger partial charge >= 0.3 is 5.97 Å². The molecule has 2 atom stereocenters. The lowest BCUT2D eigenvalue weighted by Crippen LogP contribution is -2.54. The number of carbonyl (C=O) groups excluding carboxylic acids is 1. The summed E-state index contributed by atoms with van der Waals surface area (Å²) in [6, 6.07) is 0. The van der Waals surface area contributed by atoms with E-state index < -0.39 is 5.54 Å². The largest absolute Gasteiger partial charge is 0.465 e. The van der Waals surface area contributed by atoms with Crippen molar-refractivity contribution in [1.82, 2.24) is 5.32 Å². The summed E-state index contributed by atoms with van der Waals surface area (Å²) < 4.78 is 10.9. The zero-order chi connectivity index (χ0) is 14.0. The Bertz CT molecular complexity index is 233. The highest BCUT2D eigenvalue weighted by Crippen LogP contribution is 2.11. The van der Waals surface area contributed by atoms with Gasteiger partial charge in [-0.05, 0) is 40.2 Å².